The van der Waals surface area contributed by atoms with Gasteiger partial charge in [-0.1, -0.05) is 30.3 Å². The molecule has 0 bridgehead atoms. The van der Waals surface area contributed by atoms with Crippen molar-refractivity contribution < 1.29 is 13.9 Å². The van der Waals surface area contributed by atoms with E-state index in [0.717, 1.165) is 11.1 Å². The van der Waals surface area contributed by atoms with E-state index in [1.165, 1.54) is 12.1 Å². The lowest BCUT2D eigenvalue weighted by atomic mass is 10.0. The van der Waals surface area contributed by atoms with Gasteiger partial charge in [0.1, 0.15) is 11.9 Å². The van der Waals surface area contributed by atoms with E-state index in [1.54, 1.807) is 17.0 Å². The van der Waals surface area contributed by atoms with Gasteiger partial charge in [0.15, 0.2) is 0 Å². The molecule has 22 heavy (non-hydrogen) atoms. The standard InChI is InChI=1S/C18H18FNO2/c1-13-5-2-3-8-16(13)17-12-20(9-10-22-17)18(21)14-6-4-7-15(19)11-14/h2-8,11,17H,9-10,12H2,1H3. The Bertz CT molecular complexity index is 686. The van der Waals surface area contributed by atoms with Crippen LogP contribution in [-0.4, -0.2) is 30.5 Å². The van der Waals surface area contributed by atoms with Crippen molar-refractivity contribution in [2.24, 2.45) is 0 Å². The molecule has 3 nitrogen and oxygen atoms in total. The summed E-state index contributed by atoms with van der Waals surface area (Å²) in [6.45, 7) is 3.53. The van der Waals surface area contributed by atoms with Crippen LogP contribution in [0.25, 0.3) is 0 Å². The molecule has 1 aliphatic heterocycles. The van der Waals surface area contributed by atoms with Crippen molar-refractivity contribution in [3.05, 3.63) is 71.0 Å². The minimum Gasteiger partial charge on any atom is -0.370 e. The summed E-state index contributed by atoms with van der Waals surface area (Å²) in [6.07, 6.45) is -0.132. The Kier molecular flexibility index (Phi) is 4.20. The minimum absolute atomic E-state index is 0.132. The molecule has 1 amide bonds. The van der Waals surface area contributed by atoms with Crippen LogP contribution in [0.1, 0.15) is 27.6 Å². The smallest absolute Gasteiger partial charge is 0.254 e. The SMILES string of the molecule is Cc1ccccc1C1CN(C(=O)c2cccc(F)c2)CCO1. The average Bonchev–Trinajstić information content (AvgIpc) is 2.55. The molecule has 0 N–H and O–H groups in total. The molecule has 1 aliphatic rings. The van der Waals surface area contributed by atoms with Crippen molar-refractivity contribution in [3.8, 4) is 0 Å². The zero-order valence-corrected chi connectivity index (χ0v) is 12.5. The van der Waals surface area contributed by atoms with E-state index in [4.69, 9.17) is 4.74 Å². The highest BCUT2D eigenvalue weighted by atomic mass is 19.1. The van der Waals surface area contributed by atoms with E-state index in [-0.39, 0.29) is 12.0 Å². The van der Waals surface area contributed by atoms with Crippen molar-refractivity contribution in [1.82, 2.24) is 4.90 Å². The van der Waals surface area contributed by atoms with E-state index in [1.807, 2.05) is 31.2 Å². The summed E-state index contributed by atoms with van der Waals surface area (Å²) in [7, 11) is 0. The molecule has 2 aromatic carbocycles. The lowest BCUT2D eigenvalue weighted by Crippen LogP contribution is -2.42. The van der Waals surface area contributed by atoms with Crippen LogP contribution in [0.5, 0.6) is 0 Å². The van der Waals surface area contributed by atoms with Crippen molar-refractivity contribution >= 4 is 5.91 Å². The Labute approximate surface area is 129 Å². The number of amides is 1. The van der Waals surface area contributed by atoms with Gasteiger partial charge in [0.25, 0.3) is 5.91 Å². The van der Waals surface area contributed by atoms with Gasteiger partial charge in [-0.15, -0.1) is 0 Å². The van der Waals surface area contributed by atoms with Gasteiger partial charge in [-0.05, 0) is 36.2 Å². The van der Waals surface area contributed by atoms with E-state index >= 15 is 0 Å². The number of halogens is 1. The molecule has 4 heteroatoms. The Morgan fingerprint density at radius 1 is 1.23 bits per heavy atom. The van der Waals surface area contributed by atoms with Gasteiger partial charge >= 0.3 is 0 Å². The number of morpholine rings is 1. The molecular formula is C18H18FNO2. The maximum atomic E-state index is 13.3. The fourth-order valence-electron chi connectivity index (χ4n) is 2.77. The van der Waals surface area contributed by atoms with Gasteiger partial charge < -0.3 is 9.64 Å². The van der Waals surface area contributed by atoms with Crippen molar-refractivity contribution in [2.75, 3.05) is 19.7 Å². The quantitative estimate of drug-likeness (QED) is 0.851. The Morgan fingerprint density at radius 2 is 2.05 bits per heavy atom. The summed E-state index contributed by atoms with van der Waals surface area (Å²) in [5, 5.41) is 0. The monoisotopic (exact) mass is 299 g/mol. The normalized spacial score (nSPS) is 18.3. The van der Waals surface area contributed by atoms with Gasteiger partial charge in [-0.2, -0.15) is 0 Å². The lowest BCUT2D eigenvalue weighted by molar-refractivity contribution is -0.0231. The van der Waals surface area contributed by atoms with Crippen LogP contribution >= 0.6 is 0 Å². The van der Waals surface area contributed by atoms with Crippen LogP contribution in [-0.2, 0) is 4.74 Å². The van der Waals surface area contributed by atoms with E-state index in [0.29, 0.717) is 25.3 Å². The summed E-state index contributed by atoms with van der Waals surface area (Å²) < 4.78 is 19.1. The molecule has 1 unspecified atom stereocenters. The molecule has 3 rings (SSSR count). The number of nitrogens with zero attached hydrogens (tertiary/aromatic N) is 1. The molecule has 1 atom stereocenters. The van der Waals surface area contributed by atoms with Crippen molar-refractivity contribution in [2.45, 2.75) is 13.0 Å². The minimum atomic E-state index is -0.394. The molecule has 0 spiro atoms. The van der Waals surface area contributed by atoms with Crippen LogP contribution < -0.4 is 0 Å². The van der Waals surface area contributed by atoms with Crippen LogP contribution in [0.4, 0.5) is 4.39 Å². The van der Waals surface area contributed by atoms with Gasteiger partial charge in [-0.25, -0.2) is 4.39 Å². The number of hydrogen-bond acceptors (Lipinski definition) is 2. The van der Waals surface area contributed by atoms with Crippen molar-refractivity contribution in [3.63, 3.8) is 0 Å². The number of ether oxygens (including phenoxy) is 1. The van der Waals surface area contributed by atoms with E-state index in [2.05, 4.69) is 0 Å². The summed E-state index contributed by atoms with van der Waals surface area (Å²) in [6, 6.07) is 13.8. The summed E-state index contributed by atoms with van der Waals surface area (Å²) in [5.41, 5.74) is 2.62. The largest absolute Gasteiger partial charge is 0.370 e. The third kappa shape index (κ3) is 3.02. The van der Waals surface area contributed by atoms with E-state index < -0.39 is 5.82 Å². The highest BCUT2D eigenvalue weighted by Gasteiger charge is 2.26. The van der Waals surface area contributed by atoms with Gasteiger partial charge in [0.2, 0.25) is 0 Å². The van der Waals surface area contributed by atoms with Crippen LogP contribution in [0.15, 0.2) is 48.5 Å². The highest BCUT2D eigenvalue weighted by Crippen LogP contribution is 2.25. The molecule has 0 radical (unpaired) electrons. The number of rotatable bonds is 2. The fraction of sp³-hybridized carbons (Fsp3) is 0.278. The molecule has 1 saturated heterocycles. The second-order valence-corrected chi connectivity index (χ2v) is 5.48. The van der Waals surface area contributed by atoms with Crippen LogP contribution in [0.3, 0.4) is 0 Å². The molecule has 2 aromatic rings. The third-order valence-corrected chi connectivity index (χ3v) is 3.96. The van der Waals surface area contributed by atoms with Gasteiger partial charge in [0.05, 0.1) is 13.2 Å². The zero-order chi connectivity index (χ0) is 15.5. The van der Waals surface area contributed by atoms with E-state index in [9.17, 15) is 9.18 Å². The average molecular weight is 299 g/mol. The predicted octanol–water partition coefficient (Wildman–Crippen LogP) is 3.35. The molecule has 114 valence electrons. The second kappa shape index (κ2) is 6.28. The van der Waals surface area contributed by atoms with Crippen molar-refractivity contribution in [1.29, 1.82) is 0 Å². The fourth-order valence-corrected chi connectivity index (χ4v) is 2.77. The third-order valence-electron chi connectivity index (χ3n) is 3.96. The first kappa shape index (κ1) is 14.7. The summed E-state index contributed by atoms with van der Waals surface area (Å²) in [4.78, 5) is 14.2. The zero-order valence-electron chi connectivity index (χ0n) is 12.5. The molecule has 0 aromatic heterocycles. The first-order valence-corrected chi connectivity index (χ1v) is 7.37. The van der Waals surface area contributed by atoms with Crippen LogP contribution in [0, 0.1) is 12.7 Å². The maximum absolute atomic E-state index is 13.3. The highest BCUT2D eigenvalue weighted by molar-refractivity contribution is 5.94. The van der Waals surface area contributed by atoms with Gasteiger partial charge in [0, 0.05) is 12.1 Å². The van der Waals surface area contributed by atoms with Gasteiger partial charge in [-0.3, -0.25) is 4.79 Å². The number of carbonyl (C=O) groups excluding carboxylic acids is 1. The Morgan fingerprint density at radius 3 is 2.82 bits per heavy atom. The Balaban J connectivity index is 1.78. The predicted molar refractivity (Wildman–Crippen MR) is 82.2 cm³/mol. The first-order valence-electron chi connectivity index (χ1n) is 7.37. The first-order chi connectivity index (χ1) is 10.6. The summed E-state index contributed by atoms with van der Waals surface area (Å²) in [5.74, 6) is -0.545. The molecule has 0 saturated carbocycles. The topological polar surface area (TPSA) is 29.5 Å². The number of hydrogen-bond donors (Lipinski definition) is 0. The lowest BCUT2D eigenvalue weighted by Gasteiger charge is -2.34. The number of aryl methyl sites for hydroxylation is 1. The number of benzene rings is 2. The maximum Gasteiger partial charge on any atom is 0.254 e. The summed E-state index contributed by atoms with van der Waals surface area (Å²) >= 11 is 0. The van der Waals surface area contributed by atoms with Crippen LogP contribution in [0.2, 0.25) is 0 Å². The number of carbonyl (C=O) groups is 1. The molecule has 0 aliphatic carbocycles. The molecular weight excluding hydrogens is 281 g/mol. The Hall–Kier alpha value is -2.20. The molecule has 1 heterocycles. The second-order valence-electron chi connectivity index (χ2n) is 5.48. The molecule has 1 fully saturated rings.